The van der Waals surface area contributed by atoms with E-state index in [1.54, 1.807) is 7.11 Å². The molecule has 2 aromatic carbocycles. The van der Waals surface area contributed by atoms with E-state index in [1.165, 1.54) is 5.56 Å². The summed E-state index contributed by atoms with van der Waals surface area (Å²) in [7, 11) is 1.64. The average molecular weight is 390 g/mol. The molecule has 2 N–H and O–H groups in total. The number of methoxy groups -OCH3 is 1. The summed E-state index contributed by atoms with van der Waals surface area (Å²) in [6, 6.07) is 18.3. The van der Waals surface area contributed by atoms with Crippen molar-refractivity contribution in [1.29, 1.82) is 0 Å². The van der Waals surface area contributed by atoms with Crippen molar-refractivity contribution in [3.05, 3.63) is 65.9 Å². The predicted octanol–water partition coefficient (Wildman–Crippen LogP) is 3.77. The lowest BCUT2D eigenvalue weighted by molar-refractivity contribution is 0.0567. The van der Waals surface area contributed by atoms with Gasteiger partial charge in [0.2, 0.25) is 0 Å². The van der Waals surface area contributed by atoms with Crippen LogP contribution in [0.1, 0.15) is 35.3 Å². The van der Waals surface area contributed by atoms with E-state index in [0.29, 0.717) is 5.69 Å². The summed E-state index contributed by atoms with van der Waals surface area (Å²) in [6.45, 7) is 0.108. The molecule has 0 aliphatic carbocycles. The number of carbonyl (C=O) groups excluding carboxylic acids is 1. The van der Waals surface area contributed by atoms with Crippen LogP contribution in [0.3, 0.4) is 0 Å². The van der Waals surface area contributed by atoms with Gasteiger partial charge in [0.15, 0.2) is 0 Å². The van der Waals surface area contributed by atoms with E-state index in [-0.39, 0.29) is 30.0 Å². The zero-order chi connectivity index (χ0) is 20.0. The Balaban J connectivity index is 1.45. The Bertz CT molecular complexity index is 1040. The second-order valence-electron chi connectivity index (χ2n) is 8.48. The van der Waals surface area contributed by atoms with Gasteiger partial charge in [-0.3, -0.25) is 4.79 Å². The number of aromatic amines is 1. The first kappa shape index (κ1) is 18.3. The van der Waals surface area contributed by atoms with Gasteiger partial charge < -0.3 is 19.7 Å². The van der Waals surface area contributed by atoms with Crippen LogP contribution in [-0.4, -0.2) is 46.7 Å². The van der Waals surface area contributed by atoms with Crippen LogP contribution in [0.25, 0.3) is 10.9 Å². The van der Waals surface area contributed by atoms with Gasteiger partial charge in [-0.1, -0.05) is 30.3 Å². The third kappa shape index (κ3) is 2.92. The van der Waals surface area contributed by atoms with E-state index in [9.17, 15) is 9.90 Å². The number of aromatic nitrogens is 1. The molecule has 150 valence electrons. The molecule has 1 amide bonds. The third-order valence-electron chi connectivity index (χ3n) is 6.86. The molecule has 1 aromatic heterocycles. The molecule has 2 saturated heterocycles. The van der Waals surface area contributed by atoms with Crippen molar-refractivity contribution in [1.82, 2.24) is 9.88 Å². The molecular formula is C24H26N2O3. The molecule has 29 heavy (non-hydrogen) atoms. The van der Waals surface area contributed by atoms with Crippen molar-refractivity contribution in [3.8, 4) is 5.75 Å². The molecule has 2 bridgehead atoms. The number of fused-ring (bicyclic) bond motifs is 3. The summed E-state index contributed by atoms with van der Waals surface area (Å²) in [5.41, 5.74) is 2.51. The number of nitrogens with zero attached hydrogens (tertiary/aromatic N) is 1. The van der Waals surface area contributed by atoms with Crippen LogP contribution in [0, 0.1) is 5.41 Å². The minimum atomic E-state index is -0.255. The minimum absolute atomic E-state index is 0.0380. The summed E-state index contributed by atoms with van der Waals surface area (Å²) in [6.07, 6.45) is 3.64. The zero-order valence-electron chi connectivity index (χ0n) is 16.6. The van der Waals surface area contributed by atoms with Gasteiger partial charge in [0.1, 0.15) is 11.4 Å². The molecule has 0 spiro atoms. The number of aliphatic hydroxyl groups excluding tert-OH is 1. The van der Waals surface area contributed by atoms with Crippen LogP contribution in [0.15, 0.2) is 54.6 Å². The van der Waals surface area contributed by atoms with Gasteiger partial charge in [-0.2, -0.15) is 0 Å². The first-order valence-corrected chi connectivity index (χ1v) is 10.3. The Kier molecular flexibility index (Phi) is 4.36. The summed E-state index contributed by atoms with van der Waals surface area (Å²) >= 11 is 0. The van der Waals surface area contributed by atoms with Crippen molar-refractivity contribution in [2.45, 2.75) is 37.8 Å². The summed E-state index contributed by atoms with van der Waals surface area (Å²) < 4.78 is 5.30. The molecule has 0 unspecified atom stereocenters. The van der Waals surface area contributed by atoms with E-state index >= 15 is 0 Å². The molecule has 5 nitrogen and oxygen atoms in total. The molecule has 2 fully saturated rings. The minimum Gasteiger partial charge on any atom is -0.497 e. The highest BCUT2D eigenvalue weighted by atomic mass is 16.5. The molecular weight excluding hydrogens is 364 g/mol. The Morgan fingerprint density at radius 3 is 2.79 bits per heavy atom. The summed E-state index contributed by atoms with van der Waals surface area (Å²) in [5, 5.41) is 11.4. The van der Waals surface area contributed by atoms with E-state index in [4.69, 9.17) is 4.74 Å². The lowest BCUT2D eigenvalue weighted by atomic mass is 9.70. The fourth-order valence-corrected chi connectivity index (χ4v) is 5.51. The van der Waals surface area contributed by atoms with Crippen LogP contribution >= 0.6 is 0 Å². The second-order valence-corrected chi connectivity index (χ2v) is 8.48. The molecule has 0 saturated carbocycles. The van der Waals surface area contributed by atoms with Crippen molar-refractivity contribution in [2.75, 3.05) is 13.7 Å². The van der Waals surface area contributed by atoms with E-state index in [0.717, 1.165) is 42.3 Å². The van der Waals surface area contributed by atoms with Crippen LogP contribution in [0.5, 0.6) is 5.75 Å². The largest absolute Gasteiger partial charge is 0.497 e. The number of amides is 1. The molecule has 0 radical (unpaired) electrons. The smallest absolute Gasteiger partial charge is 0.270 e. The van der Waals surface area contributed by atoms with Crippen molar-refractivity contribution < 1.29 is 14.6 Å². The van der Waals surface area contributed by atoms with Crippen LogP contribution in [-0.2, 0) is 6.42 Å². The van der Waals surface area contributed by atoms with Crippen molar-refractivity contribution in [2.24, 2.45) is 5.41 Å². The number of H-pyrrole nitrogens is 1. The first-order valence-electron chi connectivity index (χ1n) is 10.3. The van der Waals surface area contributed by atoms with E-state index < -0.39 is 0 Å². The third-order valence-corrected chi connectivity index (χ3v) is 6.86. The number of hydrogen-bond acceptors (Lipinski definition) is 3. The number of benzene rings is 2. The molecule has 5 rings (SSSR count). The monoisotopic (exact) mass is 390 g/mol. The normalized spacial score (nSPS) is 25.7. The van der Waals surface area contributed by atoms with Gasteiger partial charge >= 0.3 is 0 Å². The molecule has 2 aliphatic heterocycles. The maximum absolute atomic E-state index is 13.5. The molecule has 3 heterocycles. The molecule has 5 heteroatoms. The van der Waals surface area contributed by atoms with Crippen LogP contribution in [0.4, 0.5) is 0 Å². The maximum atomic E-state index is 13.5. The highest BCUT2D eigenvalue weighted by molar-refractivity contribution is 5.99. The van der Waals surface area contributed by atoms with Gasteiger partial charge in [0.05, 0.1) is 13.7 Å². The topological polar surface area (TPSA) is 65.6 Å². The Morgan fingerprint density at radius 2 is 2.03 bits per heavy atom. The highest BCUT2D eigenvalue weighted by Crippen LogP contribution is 2.51. The van der Waals surface area contributed by atoms with Crippen LogP contribution < -0.4 is 4.74 Å². The number of ether oxygens (including phenoxy) is 1. The number of aliphatic hydroxyl groups is 1. The standard InChI is InChI=1S/C24H26N2O3/c1-29-19-8-9-20-17(11-19)12-21(25-20)23(28)26-18-7-10-22(26)24(14-18,15-27)13-16-5-3-2-4-6-16/h2-6,8-9,11-12,18,22,25,27H,7,10,13-15H2,1H3/t18-,22+,24-/m0/s1. The number of hydrogen-bond donors (Lipinski definition) is 2. The average Bonchev–Trinajstić information content (AvgIpc) is 3.44. The van der Waals surface area contributed by atoms with Gasteiger partial charge in [-0.25, -0.2) is 0 Å². The lowest BCUT2D eigenvalue weighted by Crippen LogP contribution is -2.44. The SMILES string of the molecule is COc1ccc2[nH]c(C(=O)N3[C@H]4CC[C@@H]3[C@@](CO)(Cc3ccccc3)C4)cc2c1. The fourth-order valence-electron chi connectivity index (χ4n) is 5.51. The van der Waals surface area contributed by atoms with Gasteiger partial charge in [0, 0.05) is 28.4 Å². The first-order chi connectivity index (χ1) is 14.1. The Hall–Kier alpha value is -2.79. The Labute approximate surface area is 170 Å². The van der Waals surface area contributed by atoms with Gasteiger partial charge in [-0.15, -0.1) is 0 Å². The van der Waals surface area contributed by atoms with Crippen LogP contribution in [0.2, 0.25) is 0 Å². The fraction of sp³-hybridized carbons (Fsp3) is 0.375. The van der Waals surface area contributed by atoms with E-state index in [1.807, 2.05) is 47.4 Å². The maximum Gasteiger partial charge on any atom is 0.270 e. The molecule has 3 atom stereocenters. The van der Waals surface area contributed by atoms with Crippen molar-refractivity contribution in [3.63, 3.8) is 0 Å². The van der Waals surface area contributed by atoms with E-state index in [2.05, 4.69) is 17.1 Å². The summed E-state index contributed by atoms with van der Waals surface area (Å²) in [4.78, 5) is 18.8. The predicted molar refractivity (Wildman–Crippen MR) is 112 cm³/mol. The quantitative estimate of drug-likeness (QED) is 0.697. The van der Waals surface area contributed by atoms with Crippen molar-refractivity contribution >= 4 is 16.8 Å². The second kappa shape index (κ2) is 6.92. The lowest BCUT2D eigenvalue weighted by Gasteiger charge is -2.36. The Morgan fingerprint density at radius 1 is 1.21 bits per heavy atom. The summed E-state index contributed by atoms with van der Waals surface area (Å²) in [5.74, 6) is 0.815. The zero-order valence-corrected chi connectivity index (χ0v) is 16.6. The molecule has 3 aromatic rings. The number of rotatable bonds is 5. The van der Waals surface area contributed by atoms with Gasteiger partial charge in [-0.05, 0) is 55.5 Å². The number of carbonyl (C=O) groups is 1. The van der Waals surface area contributed by atoms with Gasteiger partial charge in [0.25, 0.3) is 5.91 Å². The molecule has 2 aliphatic rings. The number of nitrogens with one attached hydrogen (secondary N) is 1. The highest BCUT2D eigenvalue weighted by Gasteiger charge is 2.57.